The lowest BCUT2D eigenvalue weighted by Gasteiger charge is -2.12. The van der Waals surface area contributed by atoms with E-state index in [9.17, 15) is 4.79 Å². The molecule has 0 bridgehead atoms. The van der Waals surface area contributed by atoms with Crippen LogP contribution in [0, 0.1) is 13.8 Å². The first-order chi connectivity index (χ1) is 16.9. The number of aromatic nitrogens is 1. The van der Waals surface area contributed by atoms with Gasteiger partial charge < -0.3 is 4.57 Å². The molecule has 1 aromatic heterocycles. The molecule has 0 atom stereocenters. The van der Waals surface area contributed by atoms with Crippen molar-refractivity contribution in [3.05, 3.63) is 111 Å². The lowest BCUT2D eigenvalue weighted by atomic mass is 10.1. The molecule has 0 saturated carbocycles. The normalized spacial score (nSPS) is 12.7. The molecular weight excluding hydrogens is 497 g/mol. The number of aryl methyl sites for hydroxylation is 1. The molecule has 0 fully saturated rings. The minimum absolute atomic E-state index is 0.138. The van der Waals surface area contributed by atoms with Crippen molar-refractivity contribution >= 4 is 47.1 Å². The van der Waals surface area contributed by atoms with E-state index in [1.54, 1.807) is 30.1 Å². The van der Waals surface area contributed by atoms with Gasteiger partial charge in [-0.3, -0.25) is 4.79 Å². The average molecular weight is 520 g/mol. The molecule has 0 spiro atoms. The zero-order valence-electron chi connectivity index (χ0n) is 19.3. The highest BCUT2D eigenvalue weighted by atomic mass is 35.5. The van der Waals surface area contributed by atoms with E-state index in [0.29, 0.717) is 15.8 Å². The van der Waals surface area contributed by atoms with Gasteiger partial charge in [-0.15, -0.1) is 11.8 Å². The number of hydrogen-bond donors (Lipinski definition) is 1. The summed E-state index contributed by atoms with van der Waals surface area (Å²) in [6.07, 6.45) is 1.67. The first kappa shape index (κ1) is 23.7. The third kappa shape index (κ3) is 4.64. The Morgan fingerprint density at radius 1 is 1.00 bits per heavy atom. The van der Waals surface area contributed by atoms with Gasteiger partial charge in [0.25, 0.3) is 0 Å². The van der Waals surface area contributed by atoms with E-state index in [0.717, 1.165) is 22.6 Å². The minimum Gasteiger partial charge on any atom is -0.316 e. The highest BCUT2D eigenvalue weighted by Gasteiger charge is 2.28. The van der Waals surface area contributed by atoms with Gasteiger partial charge in [0, 0.05) is 22.0 Å². The molecule has 0 aliphatic heterocycles. The average Bonchev–Trinajstić information content (AvgIpc) is 3.32. The van der Waals surface area contributed by atoms with Gasteiger partial charge in [0.2, 0.25) is 5.91 Å². The van der Waals surface area contributed by atoms with Gasteiger partial charge in [0.15, 0.2) is 0 Å². The van der Waals surface area contributed by atoms with E-state index in [4.69, 9.17) is 23.2 Å². The van der Waals surface area contributed by atoms with E-state index in [2.05, 4.69) is 59.1 Å². The Morgan fingerprint density at radius 2 is 1.66 bits per heavy atom. The Kier molecular flexibility index (Phi) is 6.74. The van der Waals surface area contributed by atoms with Crippen LogP contribution in [0.25, 0.3) is 16.8 Å². The Bertz CT molecular complexity index is 1420. The summed E-state index contributed by atoms with van der Waals surface area (Å²) in [6.45, 7) is 3.98. The summed E-state index contributed by atoms with van der Waals surface area (Å²) in [5, 5.41) is 5.58. The van der Waals surface area contributed by atoms with Gasteiger partial charge in [0.1, 0.15) is 0 Å². The predicted octanol–water partition coefficient (Wildman–Crippen LogP) is 7.35. The summed E-state index contributed by atoms with van der Waals surface area (Å²) in [4.78, 5) is 12.6. The lowest BCUT2D eigenvalue weighted by molar-refractivity contribution is -0.118. The van der Waals surface area contributed by atoms with Crippen LogP contribution < -0.4 is 5.43 Å². The molecule has 1 heterocycles. The third-order valence-electron chi connectivity index (χ3n) is 6.17. The Hall–Kier alpha value is -2.99. The number of fused-ring (bicyclic) bond motifs is 3. The molecule has 3 aromatic carbocycles. The number of benzene rings is 3. The van der Waals surface area contributed by atoms with Gasteiger partial charge in [-0.1, -0.05) is 71.7 Å². The van der Waals surface area contributed by atoms with Crippen molar-refractivity contribution in [1.29, 1.82) is 0 Å². The number of halogens is 2. The van der Waals surface area contributed by atoms with Crippen LogP contribution >= 0.6 is 35.0 Å². The van der Waals surface area contributed by atoms with Gasteiger partial charge in [-0.05, 0) is 60.4 Å². The summed E-state index contributed by atoms with van der Waals surface area (Å²) < 4.78 is 2.03. The standard InChI is InChI=1S/C28H23Cl2N3OS/c1-17-13-19(18(2)33(17)26-14-20(29)11-12-25(26)30)15-31-32-27(34)16-35-28-23-9-5-3-7-21(23)22-8-4-6-10-24(22)28/h3-15,28H,16H2,1-2H3,(H,32,34)/b31-15+. The minimum atomic E-state index is -0.139. The van der Waals surface area contributed by atoms with Gasteiger partial charge in [0.05, 0.1) is 27.9 Å². The topological polar surface area (TPSA) is 46.4 Å². The van der Waals surface area contributed by atoms with E-state index in [1.807, 2.05) is 30.5 Å². The smallest absolute Gasteiger partial charge is 0.250 e. The van der Waals surface area contributed by atoms with Crippen LogP contribution in [0.15, 0.2) is 77.9 Å². The van der Waals surface area contributed by atoms with Crippen LogP contribution in [0.3, 0.4) is 0 Å². The summed E-state index contributed by atoms with van der Waals surface area (Å²) in [7, 11) is 0. The van der Waals surface area contributed by atoms with Crippen LogP contribution in [-0.4, -0.2) is 22.4 Å². The maximum atomic E-state index is 12.6. The molecule has 1 aliphatic carbocycles. The SMILES string of the molecule is Cc1cc(/C=N/NC(=O)CSC2c3ccccc3-c3ccccc32)c(C)n1-c1cc(Cl)ccc1Cl. The van der Waals surface area contributed by atoms with Crippen molar-refractivity contribution in [2.75, 3.05) is 5.75 Å². The van der Waals surface area contributed by atoms with Crippen molar-refractivity contribution in [2.45, 2.75) is 19.1 Å². The quantitative estimate of drug-likeness (QED) is 0.213. The summed E-state index contributed by atoms with van der Waals surface area (Å²) in [5.74, 6) is 0.168. The second-order valence-electron chi connectivity index (χ2n) is 8.42. The Labute approximate surface area is 219 Å². The molecule has 0 saturated heterocycles. The van der Waals surface area contributed by atoms with Crippen LogP contribution in [0.1, 0.15) is 33.3 Å². The first-order valence-electron chi connectivity index (χ1n) is 11.2. The molecule has 1 N–H and O–H groups in total. The van der Waals surface area contributed by atoms with Crippen LogP contribution in [0.5, 0.6) is 0 Å². The van der Waals surface area contributed by atoms with Gasteiger partial charge >= 0.3 is 0 Å². The zero-order chi connectivity index (χ0) is 24.5. The van der Waals surface area contributed by atoms with Gasteiger partial charge in [-0.2, -0.15) is 5.10 Å². The maximum absolute atomic E-state index is 12.6. The number of nitrogens with one attached hydrogen (secondary N) is 1. The number of nitrogens with zero attached hydrogens (tertiary/aromatic N) is 2. The number of carbonyl (C=O) groups excluding carboxylic acids is 1. The fourth-order valence-electron chi connectivity index (χ4n) is 4.60. The van der Waals surface area contributed by atoms with Gasteiger partial charge in [-0.25, -0.2) is 5.43 Å². The van der Waals surface area contributed by atoms with Crippen molar-refractivity contribution in [3.8, 4) is 16.8 Å². The highest BCUT2D eigenvalue weighted by Crippen LogP contribution is 2.49. The number of hydrogen-bond acceptors (Lipinski definition) is 3. The molecule has 1 amide bonds. The van der Waals surface area contributed by atoms with Crippen LogP contribution in [-0.2, 0) is 4.79 Å². The van der Waals surface area contributed by atoms with Crippen molar-refractivity contribution < 1.29 is 4.79 Å². The van der Waals surface area contributed by atoms with Crippen LogP contribution in [0.4, 0.5) is 0 Å². The molecule has 35 heavy (non-hydrogen) atoms. The first-order valence-corrected chi connectivity index (χ1v) is 13.0. The predicted molar refractivity (Wildman–Crippen MR) is 147 cm³/mol. The molecule has 0 radical (unpaired) electrons. The third-order valence-corrected chi connectivity index (χ3v) is 7.99. The largest absolute Gasteiger partial charge is 0.316 e. The van der Waals surface area contributed by atoms with Crippen molar-refractivity contribution in [1.82, 2.24) is 9.99 Å². The number of carbonyl (C=O) groups is 1. The molecule has 176 valence electrons. The number of hydrazone groups is 1. The molecule has 5 rings (SSSR count). The molecule has 4 aromatic rings. The van der Waals surface area contributed by atoms with Crippen molar-refractivity contribution in [3.63, 3.8) is 0 Å². The highest BCUT2D eigenvalue weighted by molar-refractivity contribution is 8.00. The summed E-state index contributed by atoms with van der Waals surface area (Å²) in [6, 6.07) is 24.2. The number of rotatable bonds is 6. The molecule has 4 nitrogen and oxygen atoms in total. The number of thioether (sulfide) groups is 1. The number of amides is 1. The van der Waals surface area contributed by atoms with E-state index in [-0.39, 0.29) is 11.2 Å². The second kappa shape index (κ2) is 9.94. The molecular formula is C28H23Cl2N3OS. The molecule has 1 aliphatic rings. The Balaban J connectivity index is 1.26. The second-order valence-corrected chi connectivity index (χ2v) is 10.4. The maximum Gasteiger partial charge on any atom is 0.250 e. The monoisotopic (exact) mass is 519 g/mol. The zero-order valence-corrected chi connectivity index (χ0v) is 21.6. The fourth-order valence-corrected chi connectivity index (χ4v) is 6.12. The molecule has 7 heteroatoms. The van der Waals surface area contributed by atoms with Crippen LogP contribution in [0.2, 0.25) is 10.0 Å². The fraction of sp³-hybridized carbons (Fsp3) is 0.143. The Morgan fingerprint density at radius 3 is 2.34 bits per heavy atom. The van der Waals surface area contributed by atoms with E-state index in [1.165, 1.54) is 22.3 Å². The molecule has 0 unspecified atom stereocenters. The van der Waals surface area contributed by atoms with E-state index < -0.39 is 0 Å². The summed E-state index contributed by atoms with van der Waals surface area (Å²) >= 11 is 14.2. The van der Waals surface area contributed by atoms with E-state index >= 15 is 0 Å². The summed E-state index contributed by atoms with van der Waals surface area (Å²) in [5.41, 5.74) is 11.3. The lowest BCUT2D eigenvalue weighted by Crippen LogP contribution is -2.20. The van der Waals surface area contributed by atoms with Crippen molar-refractivity contribution in [2.24, 2.45) is 5.10 Å².